The van der Waals surface area contributed by atoms with E-state index < -0.39 is 0 Å². The van der Waals surface area contributed by atoms with E-state index in [1.807, 2.05) is 17.6 Å². The maximum Gasteiger partial charge on any atom is 0.258 e. The zero-order valence-electron chi connectivity index (χ0n) is 17.6. The highest BCUT2D eigenvalue weighted by atomic mass is 16.5. The Balaban J connectivity index is 1.44. The highest BCUT2D eigenvalue weighted by Crippen LogP contribution is 2.40. The number of rotatable bonds is 7. The number of likely N-dealkylation sites (tertiary alicyclic amines) is 1. The molecule has 30 heavy (non-hydrogen) atoms. The monoisotopic (exact) mass is 414 g/mol. The minimum absolute atomic E-state index is 0.0326. The number of amides is 1. The summed E-state index contributed by atoms with van der Waals surface area (Å²) in [6.45, 7) is 2.79. The molecule has 2 aliphatic rings. The van der Waals surface area contributed by atoms with Gasteiger partial charge in [0.05, 0.1) is 40.0 Å². The summed E-state index contributed by atoms with van der Waals surface area (Å²) in [5, 5.41) is 0. The first-order chi connectivity index (χ1) is 14.5. The first-order valence-electron chi connectivity index (χ1n) is 9.95. The molecule has 0 atom stereocenters. The van der Waals surface area contributed by atoms with E-state index in [1.54, 1.807) is 17.0 Å². The Kier molecular flexibility index (Phi) is 5.32. The second-order valence-corrected chi connectivity index (χ2v) is 7.60. The van der Waals surface area contributed by atoms with Crippen molar-refractivity contribution in [2.45, 2.75) is 31.9 Å². The van der Waals surface area contributed by atoms with Gasteiger partial charge in [0.2, 0.25) is 5.75 Å². The summed E-state index contributed by atoms with van der Waals surface area (Å²) < 4.78 is 23.8. The lowest BCUT2D eigenvalue weighted by Crippen LogP contribution is -2.56. The van der Waals surface area contributed by atoms with Gasteiger partial charge < -0.3 is 28.4 Å². The Bertz CT molecular complexity index is 1020. The number of aromatic nitrogens is 1. The standard InChI is InChI=1S/C22H26N2O6/c1-13-9-15(10-19(25)24(13)14-5-6-14)30-16-11-23(12-16)22(26)17-7-8-18(27-2)21(29-4)20(17)28-3/h7-10,14,16H,5-6,11-12H2,1-4H3. The number of methoxy groups -OCH3 is 3. The topological polar surface area (TPSA) is 79.2 Å². The fraction of sp³-hybridized carbons (Fsp3) is 0.455. The molecule has 0 bridgehead atoms. The maximum atomic E-state index is 12.9. The van der Waals surface area contributed by atoms with Gasteiger partial charge in [0.25, 0.3) is 11.5 Å². The highest BCUT2D eigenvalue weighted by molar-refractivity contribution is 5.98. The van der Waals surface area contributed by atoms with Crippen molar-refractivity contribution >= 4 is 5.91 Å². The zero-order valence-corrected chi connectivity index (χ0v) is 17.6. The molecular formula is C22H26N2O6. The Hall–Kier alpha value is -3.16. The molecule has 2 fully saturated rings. The van der Waals surface area contributed by atoms with E-state index in [0.717, 1.165) is 18.5 Å². The van der Waals surface area contributed by atoms with Crippen molar-refractivity contribution in [2.75, 3.05) is 34.4 Å². The number of benzene rings is 1. The van der Waals surface area contributed by atoms with Crippen LogP contribution in [0.15, 0.2) is 29.1 Å². The van der Waals surface area contributed by atoms with Crippen molar-refractivity contribution in [3.05, 3.63) is 45.9 Å². The Labute approximate surface area is 174 Å². The molecule has 0 unspecified atom stereocenters. The molecular weight excluding hydrogens is 388 g/mol. The first-order valence-corrected chi connectivity index (χ1v) is 9.95. The molecule has 0 radical (unpaired) electrons. The van der Waals surface area contributed by atoms with Gasteiger partial charge in [0.15, 0.2) is 11.5 Å². The average molecular weight is 414 g/mol. The van der Waals surface area contributed by atoms with Crippen molar-refractivity contribution < 1.29 is 23.7 Å². The molecule has 0 N–H and O–H groups in total. The van der Waals surface area contributed by atoms with E-state index in [2.05, 4.69) is 0 Å². The summed E-state index contributed by atoms with van der Waals surface area (Å²) in [4.78, 5) is 27.0. The minimum atomic E-state index is -0.173. The predicted molar refractivity (Wildman–Crippen MR) is 110 cm³/mol. The second-order valence-electron chi connectivity index (χ2n) is 7.60. The lowest BCUT2D eigenvalue weighted by atomic mass is 10.1. The number of pyridine rings is 1. The molecule has 1 amide bonds. The quantitative estimate of drug-likeness (QED) is 0.692. The van der Waals surface area contributed by atoms with Gasteiger partial charge in [-0.25, -0.2) is 0 Å². The van der Waals surface area contributed by atoms with Gasteiger partial charge in [-0.15, -0.1) is 0 Å². The molecule has 0 spiro atoms. The molecule has 1 saturated carbocycles. The fourth-order valence-corrected chi connectivity index (χ4v) is 3.86. The maximum absolute atomic E-state index is 12.9. The van der Waals surface area contributed by atoms with Crippen LogP contribution in [0.1, 0.15) is 34.9 Å². The van der Waals surface area contributed by atoms with E-state index >= 15 is 0 Å². The molecule has 8 nitrogen and oxygen atoms in total. The predicted octanol–water partition coefficient (Wildman–Crippen LogP) is 2.42. The van der Waals surface area contributed by atoms with E-state index in [9.17, 15) is 9.59 Å². The zero-order chi connectivity index (χ0) is 21.4. The van der Waals surface area contributed by atoms with Crippen LogP contribution >= 0.6 is 0 Å². The SMILES string of the molecule is COc1ccc(C(=O)N2CC(Oc3cc(C)n(C4CC4)c(=O)c3)C2)c(OC)c1OC. The lowest BCUT2D eigenvalue weighted by Gasteiger charge is -2.39. The number of hydrogen-bond donors (Lipinski definition) is 0. The molecule has 1 aromatic heterocycles. The summed E-state index contributed by atoms with van der Waals surface area (Å²) in [5.41, 5.74) is 1.27. The molecule has 1 aliphatic carbocycles. The van der Waals surface area contributed by atoms with Gasteiger partial charge in [0.1, 0.15) is 11.9 Å². The summed E-state index contributed by atoms with van der Waals surface area (Å²) in [5.74, 6) is 1.59. The fourth-order valence-electron chi connectivity index (χ4n) is 3.86. The van der Waals surface area contributed by atoms with E-state index in [4.69, 9.17) is 18.9 Å². The van der Waals surface area contributed by atoms with Crippen LogP contribution in [-0.4, -0.2) is 55.9 Å². The van der Waals surface area contributed by atoms with Gasteiger partial charge in [-0.2, -0.15) is 0 Å². The largest absolute Gasteiger partial charge is 0.493 e. The van der Waals surface area contributed by atoms with Crippen molar-refractivity contribution in [2.24, 2.45) is 0 Å². The van der Waals surface area contributed by atoms with E-state index in [1.165, 1.54) is 27.4 Å². The number of hydrogen-bond acceptors (Lipinski definition) is 6. The Morgan fingerprint density at radius 2 is 1.70 bits per heavy atom. The molecule has 1 aliphatic heterocycles. The van der Waals surface area contributed by atoms with E-state index in [-0.39, 0.29) is 17.6 Å². The third kappa shape index (κ3) is 3.58. The number of carbonyl (C=O) groups is 1. The van der Waals surface area contributed by atoms with Crippen LogP contribution in [0, 0.1) is 6.92 Å². The van der Waals surface area contributed by atoms with Crippen molar-refractivity contribution in [1.82, 2.24) is 9.47 Å². The van der Waals surface area contributed by atoms with Crippen molar-refractivity contribution in [3.63, 3.8) is 0 Å². The summed E-state index contributed by atoms with van der Waals surface area (Å²) in [6.07, 6.45) is 1.95. The third-order valence-electron chi connectivity index (χ3n) is 5.52. The number of nitrogens with zero attached hydrogens (tertiary/aromatic N) is 2. The van der Waals surface area contributed by atoms with Crippen LogP contribution in [-0.2, 0) is 0 Å². The van der Waals surface area contributed by atoms with Crippen LogP contribution in [0.4, 0.5) is 0 Å². The molecule has 2 heterocycles. The number of carbonyl (C=O) groups excluding carboxylic acids is 1. The summed E-state index contributed by atoms with van der Waals surface area (Å²) in [7, 11) is 4.52. The molecule has 4 rings (SSSR count). The molecule has 1 aromatic carbocycles. The molecule has 2 aromatic rings. The molecule has 160 valence electrons. The first kappa shape index (κ1) is 20.1. The van der Waals surface area contributed by atoms with Crippen LogP contribution in [0.25, 0.3) is 0 Å². The molecule has 1 saturated heterocycles. The highest BCUT2D eigenvalue weighted by Gasteiger charge is 2.35. The smallest absolute Gasteiger partial charge is 0.258 e. The second kappa shape index (κ2) is 7.93. The van der Waals surface area contributed by atoms with Gasteiger partial charge in [-0.05, 0) is 38.0 Å². The summed E-state index contributed by atoms with van der Waals surface area (Å²) in [6, 6.07) is 7.10. The van der Waals surface area contributed by atoms with E-state index in [0.29, 0.717) is 47.7 Å². The lowest BCUT2D eigenvalue weighted by molar-refractivity contribution is 0.0174. The Morgan fingerprint density at radius 1 is 1.00 bits per heavy atom. The van der Waals surface area contributed by atoms with Gasteiger partial charge in [-0.3, -0.25) is 9.59 Å². The third-order valence-corrected chi connectivity index (χ3v) is 5.52. The average Bonchev–Trinajstić information content (AvgIpc) is 3.53. The van der Waals surface area contributed by atoms with Gasteiger partial charge >= 0.3 is 0 Å². The Morgan fingerprint density at radius 3 is 2.27 bits per heavy atom. The van der Waals surface area contributed by atoms with Crippen molar-refractivity contribution in [1.29, 1.82) is 0 Å². The van der Waals surface area contributed by atoms with Crippen molar-refractivity contribution in [3.8, 4) is 23.0 Å². The number of ether oxygens (including phenoxy) is 4. The van der Waals surface area contributed by atoms with Crippen LogP contribution in [0.5, 0.6) is 23.0 Å². The minimum Gasteiger partial charge on any atom is -0.493 e. The number of aryl methyl sites for hydroxylation is 1. The molecule has 8 heteroatoms. The summed E-state index contributed by atoms with van der Waals surface area (Å²) >= 11 is 0. The van der Waals surface area contributed by atoms with Crippen LogP contribution in [0.2, 0.25) is 0 Å². The van der Waals surface area contributed by atoms with Crippen LogP contribution in [0.3, 0.4) is 0 Å². The normalized spacial score (nSPS) is 16.1. The van der Waals surface area contributed by atoms with Gasteiger partial charge in [-0.1, -0.05) is 0 Å². The van der Waals surface area contributed by atoms with Crippen LogP contribution < -0.4 is 24.5 Å². The van der Waals surface area contributed by atoms with Gasteiger partial charge in [0, 0.05) is 17.8 Å².